The SMILES string of the molecule is O=S(=O)(NCC(O)Cc1ccccc1F)c1cnc(-c2ccccc2)nc1. The Morgan fingerprint density at radius 3 is 2.30 bits per heavy atom. The molecule has 6 nitrogen and oxygen atoms in total. The molecule has 1 atom stereocenters. The molecule has 0 radical (unpaired) electrons. The Balaban J connectivity index is 1.63. The minimum atomic E-state index is -3.89. The van der Waals surface area contributed by atoms with Crippen LogP contribution in [0.5, 0.6) is 0 Å². The smallest absolute Gasteiger partial charge is 0.243 e. The van der Waals surface area contributed by atoms with Gasteiger partial charge >= 0.3 is 0 Å². The zero-order chi connectivity index (χ0) is 19.3. The number of halogens is 1. The van der Waals surface area contributed by atoms with Crippen LogP contribution in [0.4, 0.5) is 4.39 Å². The van der Waals surface area contributed by atoms with Crippen molar-refractivity contribution in [3.63, 3.8) is 0 Å². The van der Waals surface area contributed by atoms with Gasteiger partial charge in [0.1, 0.15) is 10.7 Å². The molecule has 1 aromatic heterocycles. The van der Waals surface area contributed by atoms with Crippen LogP contribution in [0.2, 0.25) is 0 Å². The van der Waals surface area contributed by atoms with Crippen molar-refractivity contribution in [2.75, 3.05) is 6.54 Å². The quantitative estimate of drug-likeness (QED) is 0.648. The Kier molecular flexibility index (Phi) is 5.90. The van der Waals surface area contributed by atoms with Crippen molar-refractivity contribution in [3.05, 3.63) is 78.4 Å². The second-order valence-corrected chi connectivity index (χ2v) is 7.68. The Labute approximate surface area is 156 Å². The number of hydrogen-bond donors (Lipinski definition) is 2. The van der Waals surface area contributed by atoms with E-state index in [2.05, 4.69) is 14.7 Å². The van der Waals surface area contributed by atoms with E-state index in [1.54, 1.807) is 18.2 Å². The van der Waals surface area contributed by atoms with E-state index in [9.17, 15) is 17.9 Å². The summed E-state index contributed by atoms with van der Waals surface area (Å²) in [5.74, 6) is -0.0292. The van der Waals surface area contributed by atoms with Gasteiger partial charge in [-0.3, -0.25) is 0 Å². The van der Waals surface area contributed by atoms with Crippen LogP contribution in [0.25, 0.3) is 11.4 Å². The molecule has 140 valence electrons. The van der Waals surface area contributed by atoms with E-state index in [-0.39, 0.29) is 17.9 Å². The third-order valence-corrected chi connectivity index (χ3v) is 5.27. The summed E-state index contributed by atoms with van der Waals surface area (Å²) in [7, 11) is -3.89. The highest BCUT2D eigenvalue weighted by molar-refractivity contribution is 7.89. The Bertz CT molecular complexity index is 996. The van der Waals surface area contributed by atoms with Crippen molar-refractivity contribution >= 4 is 10.0 Å². The maximum atomic E-state index is 13.6. The van der Waals surface area contributed by atoms with Gasteiger partial charge in [-0.05, 0) is 11.6 Å². The maximum absolute atomic E-state index is 13.6. The van der Waals surface area contributed by atoms with E-state index in [0.717, 1.165) is 5.56 Å². The van der Waals surface area contributed by atoms with Crippen molar-refractivity contribution in [2.45, 2.75) is 17.4 Å². The number of aromatic nitrogens is 2. The lowest BCUT2D eigenvalue weighted by molar-refractivity contribution is 0.177. The monoisotopic (exact) mass is 387 g/mol. The van der Waals surface area contributed by atoms with Gasteiger partial charge in [-0.15, -0.1) is 0 Å². The molecule has 1 heterocycles. The van der Waals surface area contributed by atoms with Crippen LogP contribution in [-0.2, 0) is 16.4 Å². The summed E-state index contributed by atoms with van der Waals surface area (Å²) < 4.78 is 40.5. The molecule has 0 bridgehead atoms. The molecule has 0 spiro atoms. The summed E-state index contributed by atoms with van der Waals surface area (Å²) in [6.07, 6.45) is 1.35. The molecule has 0 amide bonds. The highest BCUT2D eigenvalue weighted by atomic mass is 32.2. The summed E-state index contributed by atoms with van der Waals surface area (Å²) in [5, 5.41) is 10.0. The second kappa shape index (κ2) is 8.34. The average Bonchev–Trinajstić information content (AvgIpc) is 2.69. The van der Waals surface area contributed by atoms with E-state index in [1.807, 2.05) is 30.3 Å². The number of nitrogens with one attached hydrogen (secondary N) is 1. The maximum Gasteiger partial charge on any atom is 0.243 e. The lowest BCUT2D eigenvalue weighted by Gasteiger charge is -2.13. The number of aliphatic hydroxyl groups excluding tert-OH is 1. The molecule has 0 saturated carbocycles. The molecule has 0 aliphatic carbocycles. The molecule has 0 aliphatic heterocycles. The minimum Gasteiger partial charge on any atom is -0.391 e. The van der Waals surface area contributed by atoms with Gasteiger partial charge in [-0.25, -0.2) is 27.5 Å². The molecular formula is C19H18FN3O3S. The van der Waals surface area contributed by atoms with Crippen LogP contribution < -0.4 is 4.72 Å². The van der Waals surface area contributed by atoms with Gasteiger partial charge in [-0.2, -0.15) is 0 Å². The summed E-state index contributed by atoms with van der Waals surface area (Å²) in [6.45, 7) is -0.253. The van der Waals surface area contributed by atoms with Gasteiger partial charge in [0.2, 0.25) is 10.0 Å². The normalized spacial score (nSPS) is 12.7. The second-order valence-electron chi connectivity index (χ2n) is 5.91. The molecule has 3 rings (SSSR count). The van der Waals surface area contributed by atoms with Crippen molar-refractivity contribution in [3.8, 4) is 11.4 Å². The molecule has 1 unspecified atom stereocenters. The highest BCUT2D eigenvalue weighted by Gasteiger charge is 2.18. The van der Waals surface area contributed by atoms with E-state index in [1.165, 1.54) is 18.5 Å². The first kappa shape index (κ1) is 19.1. The Hall–Kier alpha value is -2.68. The van der Waals surface area contributed by atoms with Crippen molar-refractivity contribution in [1.82, 2.24) is 14.7 Å². The van der Waals surface area contributed by atoms with Gasteiger partial charge < -0.3 is 5.11 Å². The average molecular weight is 387 g/mol. The fourth-order valence-corrected chi connectivity index (χ4v) is 3.43. The molecular weight excluding hydrogens is 369 g/mol. The van der Waals surface area contributed by atoms with Crippen molar-refractivity contribution in [2.24, 2.45) is 0 Å². The molecule has 3 aromatic rings. The summed E-state index contributed by atoms with van der Waals surface area (Å²) in [4.78, 5) is 8.05. The van der Waals surface area contributed by atoms with Crippen LogP contribution in [0.15, 0.2) is 71.9 Å². The molecule has 0 saturated heterocycles. The van der Waals surface area contributed by atoms with Crippen LogP contribution in [-0.4, -0.2) is 36.1 Å². The van der Waals surface area contributed by atoms with Gasteiger partial charge in [0.25, 0.3) is 0 Å². The van der Waals surface area contributed by atoms with Crippen molar-refractivity contribution < 1.29 is 17.9 Å². The first-order valence-electron chi connectivity index (χ1n) is 8.24. The zero-order valence-electron chi connectivity index (χ0n) is 14.3. The number of rotatable bonds is 7. The molecule has 0 fully saturated rings. The van der Waals surface area contributed by atoms with Gasteiger partial charge in [0.05, 0.1) is 18.5 Å². The minimum absolute atomic E-state index is 0.00135. The molecule has 8 heteroatoms. The molecule has 2 N–H and O–H groups in total. The largest absolute Gasteiger partial charge is 0.391 e. The Morgan fingerprint density at radius 1 is 1.00 bits per heavy atom. The molecule has 2 aromatic carbocycles. The lowest BCUT2D eigenvalue weighted by Crippen LogP contribution is -2.33. The van der Waals surface area contributed by atoms with Crippen LogP contribution in [0, 0.1) is 5.82 Å². The van der Waals surface area contributed by atoms with Crippen LogP contribution in [0.1, 0.15) is 5.56 Å². The van der Waals surface area contributed by atoms with E-state index in [0.29, 0.717) is 11.4 Å². The Morgan fingerprint density at radius 2 is 1.63 bits per heavy atom. The van der Waals surface area contributed by atoms with Crippen molar-refractivity contribution in [1.29, 1.82) is 0 Å². The number of benzene rings is 2. The third kappa shape index (κ3) is 4.94. The first-order valence-corrected chi connectivity index (χ1v) is 9.72. The fourth-order valence-electron chi connectivity index (χ4n) is 2.47. The van der Waals surface area contributed by atoms with Crippen LogP contribution in [0.3, 0.4) is 0 Å². The predicted octanol–water partition coefficient (Wildman–Crippen LogP) is 2.16. The molecule has 0 aliphatic rings. The summed E-state index contributed by atoms with van der Waals surface area (Å²) in [5.41, 5.74) is 1.09. The summed E-state index contributed by atoms with van der Waals surface area (Å²) >= 11 is 0. The van der Waals surface area contributed by atoms with Crippen LogP contribution >= 0.6 is 0 Å². The van der Waals surface area contributed by atoms with E-state index < -0.39 is 21.9 Å². The lowest BCUT2D eigenvalue weighted by atomic mass is 10.1. The number of aliphatic hydroxyl groups is 1. The van der Waals surface area contributed by atoms with E-state index >= 15 is 0 Å². The van der Waals surface area contributed by atoms with E-state index in [4.69, 9.17) is 0 Å². The van der Waals surface area contributed by atoms with Gasteiger partial charge in [0.15, 0.2) is 5.82 Å². The fraction of sp³-hybridized carbons (Fsp3) is 0.158. The number of nitrogens with zero attached hydrogens (tertiary/aromatic N) is 2. The topological polar surface area (TPSA) is 92.2 Å². The summed E-state index contributed by atoms with van der Waals surface area (Å²) in [6, 6.07) is 15.2. The standard InChI is InChI=1S/C19H18FN3O3S/c20-18-9-5-4-8-15(18)10-16(24)11-23-27(25,26)17-12-21-19(22-13-17)14-6-2-1-3-7-14/h1-9,12-13,16,23-24H,10-11H2. The van der Waals surface area contributed by atoms with Gasteiger partial charge in [0, 0.05) is 18.5 Å². The third-order valence-electron chi connectivity index (χ3n) is 3.89. The zero-order valence-corrected chi connectivity index (χ0v) is 15.1. The van der Waals surface area contributed by atoms with Gasteiger partial charge in [-0.1, -0.05) is 48.5 Å². The number of sulfonamides is 1. The first-order chi connectivity index (χ1) is 13.0. The predicted molar refractivity (Wildman–Crippen MR) is 98.8 cm³/mol. The number of hydrogen-bond acceptors (Lipinski definition) is 5. The molecule has 27 heavy (non-hydrogen) atoms. The highest BCUT2D eigenvalue weighted by Crippen LogP contribution is 2.15.